The van der Waals surface area contributed by atoms with Gasteiger partial charge in [0.15, 0.2) is 5.58 Å². The highest BCUT2D eigenvalue weighted by atomic mass is 32.1. The van der Waals surface area contributed by atoms with E-state index in [9.17, 15) is 4.79 Å². The molecule has 21 heavy (non-hydrogen) atoms. The van der Waals surface area contributed by atoms with Gasteiger partial charge in [-0.05, 0) is 44.3 Å². The maximum atomic E-state index is 12.3. The van der Waals surface area contributed by atoms with Crippen LogP contribution in [0.25, 0.3) is 11.1 Å². The zero-order chi connectivity index (χ0) is 15.1. The topological polar surface area (TPSA) is 75.8 Å². The third-order valence-corrected chi connectivity index (χ3v) is 3.62. The third kappa shape index (κ3) is 2.36. The van der Waals surface area contributed by atoms with Crippen molar-refractivity contribution in [2.75, 3.05) is 5.32 Å². The highest BCUT2D eigenvalue weighted by molar-refractivity contribution is 7.71. The largest absolute Gasteiger partial charge is 0.429 e. The molecule has 0 fully saturated rings. The molecule has 1 amide bonds. The Balaban J connectivity index is 1.94. The van der Waals surface area contributed by atoms with E-state index in [4.69, 9.17) is 16.6 Å². The van der Waals surface area contributed by atoms with Gasteiger partial charge in [-0.3, -0.25) is 9.48 Å². The summed E-state index contributed by atoms with van der Waals surface area (Å²) in [5.74, 6) is 0.470. The molecule has 0 aliphatic carbocycles. The first-order valence-electron chi connectivity index (χ1n) is 6.40. The van der Waals surface area contributed by atoms with Crippen molar-refractivity contribution in [3.05, 3.63) is 39.9 Å². The van der Waals surface area contributed by atoms with E-state index in [0.29, 0.717) is 21.8 Å². The Morgan fingerprint density at radius 3 is 2.86 bits per heavy atom. The van der Waals surface area contributed by atoms with Gasteiger partial charge in [0.1, 0.15) is 5.82 Å². The lowest BCUT2D eigenvalue weighted by atomic mass is 10.2. The average molecular weight is 302 g/mol. The van der Waals surface area contributed by atoms with Crippen LogP contribution < -0.4 is 5.32 Å². The van der Waals surface area contributed by atoms with Crippen molar-refractivity contribution >= 4 is 35.0 Å². The van der Waals surface area contributed by atoms with Gasteiger partial charge in [0.05, 0.1) is 11.2 Å². The number of rotatable bonds is 2. The Bertz CT molecular complexity index is 903. The number of oxazole rings is 1. The van der Waals surface area contributed by atoms with E-state index in [0.717, 1.165) is 16.8 Å². The van der Waals surface area contributed by atoms with Crippen LogP contribution in [-0.2, 0) is 7.05 Å². The second-order valence-electron chi connectivity index (χ2n) is 4.86. The van der Waals surface area contributed by atoms with Gasteiger partial charge in [0, 0.05) is 18.2 Å². The van der Waals surface area contributed by atoms with Gasteiger partial charge in [-0.15, -0.1) is 0 Å². The molecule has 0 aliphatic heterocycles. The Labute approximate surface area is 125 Å². The van der Waals surface area contributed by atoms with Gasteiger partial charge >= 0.3 is 0 Å². The van der Waals surface area contributed by atoms with Crippen LogP contribution in [0.2, 0.25) is 0 Å². The molecule has 6 nitrogen and oxygen atoms in total. The van der Waals surface area contributed by atoms with Crippen LogP contribution in [0.15, 0.2) is 22.6 Å². The monoisotopic (exact) mass is 302 g/mol. The molecule has 2 heterocycles. The van der Waals surface area contributed by atoms with Gasteiger partial charge in [-0.1, -0.05) is 0 Å². The lowest BCUT2D eigenvalue weighted by Gasteiger charge is -2.06. The van der Waals surface area contributed by atoms with Crippen molar-refractivity contribution < 1.29 is 9.21 Å². The average Bonchev–Trinajstić information content (AvgIpc) is 2.91. The first-order chi connectivity index (χ1) is 9.95. The van der Waals surface area contributed by atoms with Crippen LogP contribution >= 0.6 is 12.2 Å². The number of nitrogens with zero attached hydrogens (tertiary/aromatic N) is 2. The molecule has 0 saturated carbocycles. The quantitative estimate of drug-likeness (QED) is 0.713. The normalized spacial score (nSPS) is 11.0. The fourth-order valence-corrected chi connectivity index (χ4v) is 2.40. The minimum atomic E-state index is -0.217. The van der Waals surface area contributed by atoms with E-state index in [1.54, 1.807) is 29.9 Å². The van der Waals surface area contributed by atoms with E-state index in [-0.39, 0.29) is 5.91 Å². The minimum absolute atomic E-state index is 0.217. The number of aryl methyl sites for hydroxylation is 2. The van der Waals surface area contributed by atoms with E-state index in [1.807, 2.05) is 13.8 Å². The van der Waals surface area contributed by atoms with E-state index in [2.05, 4.69) is 15.4 Å². The number of fused-ring (bicyclic) bond motifs is 1. The summed E-state index contributed by atoms with van der Waals surface area (Å²) in [6.07, 6.45) is 0. The summed E-state index contributed by atoms with van der Waals surface area (Å²) in [6.45, 7) is 3.83. The van der Waals surface area contributed by atoms with Gasteiger partial charge in [-0.2, -0.15) is 5.10 Å². The molecule has 0 spiro atoms. The Hall–Kier alpha value is -2.41. The molecular formula is C14H14N4O2S. The van der Waals surface area contributed by atoms with Gasteiger partial charge < -0.3 is 14.7 Å². The second-order valence-corrected chi connectivity index (χ2v) is 5.23. The van der Waals surface area contributed by atoms with Crippen LogP contribution in [-0.4, -0.2) is 20.7 Å². The molecule has 108 valence electrons. The molecule has 0 bridgehead atoms. The van der Waals surface area contributed by atoms with E-state index >= 15 is 0 Å². The second kappa shape index (κ2) is 4.85. The first-order valence-corrected chi connectivity index (χ1v) is 6.81. The molecule has 7 heteroatoms. The Morgan fingerprint density at radius 2 is 2.19 bits per heavy atom. The zero-order valence-corrected chi connectivity index (χ0v) is 12.7. The van der Waals surface area contributed by atoms with E-state index in [1.165, 1.54) is 0 Å². The first kappa shape index (κ1) is 13.6. The summed E-state index contributed by atoms with van der Waals surface area (Å²) in [5.41, 5.74) is 3.67. The summed E-state index contributed by atoms with van der Waals surface area (Å²) >= 11 is 4.93. The molecule has 0 radical (unpaired) electrons. The summed E-state index contributed by atoms with van der Waals surface area (Å²) in [6, 6.07) is 5.15. The summed E-state index contributed by atoms with van der Waals surface area (Å²) < 4.78 is 6.98. The van der Waals surface area contributed by atoms with Gasteiger partial charge in [0.25, 0.3) is 10.7 Å². The van der Waals surface area contributed by atoms with Crippen LogP contribution in [0, 0.1) is 18.7 Å². The Kier molecular flexibility index (Phi) is 3.13. The maximum Gasteiger partial charge on any atom is 0.266 e. The number of hydrogen-bond acceptors (Lipinski definition) is 4. The number of aromatic nitrogens is 3. The van der Waals surface area contributed by atoms with Crippen molar-refractivity contribution in [2.24, 2.45) is 7.05 Å². The summed E-state index contributed by atoms with van der Waals surface area (Å²) in [5, 5.41) is 7.15. The van der Waals surface area contributed by atoms with Gasteiger partial charge in [0.2, 0.25) is 0 Å². The van der Waals surface area contributed by atoms with E-state index < -0.39 is 0 Å². The van der Waals surface area contributed by atoms with Crippen LogP contribution in [0.1, 0.15) is 21.6 Å². The number of carbonyl (C=O) groups is 1. The van der Waals surface area contributed by atoms with Crippen LogP contribution in [0.3, 0.4) is 0 Å². The maximum absolute atomic E-state index is 12.3. The molecular weight excluding hydrogens is 288 g/mol. The summed E-state index contributed by atoms with van der Waals surface area (Å²) in [7, 11) is 1.80. The van der Waals surface area contributed by atoms with Crippen molar-refractivity contribution in [3.8, 4) is 0 Å². The number of benzene rings is 1. The summed E-state index contributed by atoms with van der Waals surface area (Å²) in [4.78, 5) is 15.5. The van der Waals surface area contributed by atoms with Crippen molar-refractivity contribution in [1.82, 2.24) is 14.8 Å². The molecule has 0 unspecified atom stereocenters. The zero-order valence-electron chi connectivity index (χ0n) is 11.9. The fraction of sp³-hybridized carbons (Fsp3) is 0.214. The molecule has 0 atom stereocenters. The number of hydrogen-bond donors (Lipinski definition) is 2. The number of carbonyl (C=O) groups excluding carboxylic acids is 1. The SMILES string of the molecule is Cc1nn(C)c(NC(=O)c2ccc3[nH]c(=S)oc3c2)c1C. The number of H-pyrrole nitrogens is 1. The number of aromatic amines is 1. The van der Waals surface area contributed by atoms with Crippen LogP contribution in [0.4, 0.5) is 5.82 Å². The van der Waals surface area contributed by atoms with Crippen LogP contribution in [0.5, 0.6) is 0 Å². The van der Waals surface area contributed by atoms with Gasteiger partial charge in [-0.25, -0.2) is 0 Å². The lowest BCUT2D eigenvalue weighted by molar-refractivity contribution is 0.102. The smallest absolute Gasteiger partial charge is 0.266 e. The molecule has 2 aromatic heterocycles. The number of nitrogens with one attached hydrogen (secondary N) is 2. The van der Waals surface area contributed by atoms with Crippen molar-refractivity contribution in [3.63, 3.8) is 0 Å². The molecule has 3 rings (SSSR count). The number of anilines is 1. The number of amides is 1. The highest BCUT2D eigenvalue weighted by Crippen LogP contribution is 2.20. The van der Waals surface area contributed by atoms with Crippen molar-refractivity contribution in [2.45, 2.75) is 13.8 Å². The molecule has 0 aliphatic rings. The lowest BCUT2D eigenvalue weighted by Crippen LogP contribution is -2.15. The highest BCUT2D eigenvalue weighted by Gasteiger charge is 2.14. The standard InChI is InChI=1S/C14H14N4O2S/c1-7-8(2)17-18(3)12(7)16-13(19)9-4-5-10-11(6-9)20-14(21)15-10/h4-6H,1-3H3,(H,15,21)(H,16,19). The predicted octanol–water partition coefficient (Wildman–Crippen LogP) is 3.09. The van der Waals surface area contributed by atoms with Crippen molar-refractivity contribution in [1.29, 1.82) is 0 Å². The molecule has 0 saturated heterocycles. The molecule has 2 N–H and O–H groups in total. The minimum Gasteiger partial charge on any atom is -0.429 e. The third-order valence-electron chi connectivity index (χ3n) is 3.44. The Morgan fingerprint density at radius 1 is 1.43 bits per heavy atom. The predicted molar refractivity (Wildman–Crippen MR) is 82.0 cm³/mol. The fourth-order valence-electron chi connectivity index (χ4n) is 2.21. The molecule has 3 aromatic rings. The molecule has 1 aromatic carbocycles.